The Morgan fingerprint density at radius 3 is 2.91 bits per heavy atom. The third-order valence-corrected chi connectivity index (χ3v) is 6.52. The van der Waals surface area contributed by atoms with Gasteiger partial charge in [-0.25, -0.2) is 0 Å². The van der Waals surface area contributed by atoms with E-state index >= 15 is 0 Å². The van der Waals surface area contributed by atoms with Gasteiger partial charge in [0, 0.05) is 28.7 Å². The summed E-state index contributed by atoms with van der Waals surface area (Å²) in [7, 11) is 0. The monoisotopic (exact) mass is 317 g/mol. The van der Waals surface area contributed by atoms with Gasteiger partial charge in [-0.15, -0.1) is 5.11 Å². The van der Waals surface area contributed by atoms with Crippen LogP contribution in [0.15, 0.2) is 32.9 Å². The highest BCUT2D eigenvalue weighted by Crippen LogP contribution is 2.55. The van der Waals surface area contributed by atoms with E-state index in [9.17, 15) is 4.79 Å². The molecule has 1 atom stereocenters. The molecule has 4 rings (SSSR count). The lowest BCUT2D eigenvalue weighted by molar-refractivity contribution is -0.119. The zero-order valence-corrected chi connectivity index (χ0v) is 14.2. The first kappa shape index (κ1) is 14.5. The first-order valence-corrected chi connectivity index (χ1v) is 9.40. The van der Waals surface area contributed by atoms with Gasteiger partial charge < -0.3 is 5.32 Å². The minimum atomic E-state index is -0.0868. The molecular formula is C17H23N3OS. The van der Waals surface area contributed by atoms with Crippen molar-refractivity contribution in [2.24, 2.45) is 21.1 Å². The number of carbonyl (C=O) groups excluding carboxylic acids is 1. The Hall–Kier alpha value is -1.10. The van der Waals surface area contributed by atoms with Gasteiger partial charge in [0.2, 0.25) is 0 Å². The largest absolute Gasteiger partial charge is 0.342 e. The van der Waals surface area contributed by atoms with Crippen molar-refractivity contribution in [3.05, 3.63) is 22.7 Å². The maximum absolute atomic E-state index is 13.0. The number of thioether (sulfide) groups is 1. The van der Waals surface area contributed by atoms with Crippen LogP contribution in [0, 0.1) is 10.8 Å². The molecule has 1 N–H and O–H groups in total. The fraction of sp³-hybridized carbons (Fsp3) is 0.706. The van der Waals surface area contributed by atoms with E-state index in [1.807, 2.05) is 11.8 Å². The maximum Gasteiger partial charge on any atom is 0.162 e. The van der Waals surface area contributed by atoms with Crippen molar-refractivity contribution in [2.45, 2.75) is 46.0 Å². The molecule has 1 aliphatic carbocycles. The number of rotatable bonds is 0. The number of Topliss-reactive ketones (excluding diaryl/α,β-unsaturated/α-hetero) is 1. The lowest BCUT2D eigenvalue weighted by Crippen LogP contribution is -2.44. The molecule has 22 heavy (non-hydrogen) atoms. The number of azo groups is 1. The fourth-order valence-corrected chi connectivity index (χ4v) is 5.61. The molecule has 1 saturated heterocycles. The zero-order chi connectivity index (χ0) is 15.4. The number of nitrogens with zero attached hydrogens (tertiary/aromatic N) is 2. The molecule has 0 radical (unpaired) electrons. The Balaban J connectivity index is 1.86. The number of ketones is 1. The molecule has 4 nitrogen and oxygen atoms in total. The Bertz CT molecular complexity index is 622. The SMILES string of the molecule is CC1(C)CC(=O)C2=C(C1)NC1=C(CN=N1)C21CCCSCC1. The average Bonchev–Trinajstić information content (AvgIpc) is 2.77. The van der Waals surface area contributed by atoms with E-state index in [1.54, 1.807) is 0 Å². The zero-order valence-electron chi connectivity index (χ0n) is 13.4. The number of allylic oxidation sites excluding steroid dienone is 2. The minimum absolute atomic E-state index is 0.0391. The van der Waals surface area contributed by atoms with E-state index in [-0.39, 0.29) is 10.8 Å². The van der Waals surface area contributed by atoms with Crippen LogP contribution < -0.4 is 5.32 Å². The van der Waals surface area contributed by atoms with Crippen molar-refractivity contribution < 1.29 is 4.79 Å². The van der Waals surface area contributed by atoms with Crippen LogP contribution in [0.2, 0.25) is 0 Å². The average molecular weight is 317 g/mol. The summed E-state index contributed by atoms with van der Waals surface area (Å²) < 4.78 is 0. The molecule has 5 heteroatoms. The quantitative estimate of drug-likeness (QED) is 0.739. The topological polar surface area (TPSA) is 53.8 Å². The molecule has 0 aromatic rings. The van der Waals surface area contributed by atoms with Crippen LogP contribution in [0.3, 0.4) is 0 Å². The molecule has 0 aromatic heterocycles. The Morgan fingerprint density at radius 2 is 2.05 bits per heavy atom. The van der Waals surface area contributed by atoms with Crippen LogP contribution in [0.1, 0.15) is 46.0 Å². The van der Waals surface area contributed by atoms with Crippen LogP contribution in [-0.2, 0) is 4.79 Å². The van der Waals surface area contributed by atoms with Crippen LogP contribution in [0.5, 0.6) is 0 Å². The van der Waals surface area contributed by atoms with Gasteiger partial charge in [0.25, 0.3) is 0 Å². The lowest BCUT2D eigenvalue weighted by Gasteiger charge is -2.45. The van der Waals surface area contributed by atoms with Gasteiger partial charge in [0.1, 0.15) is 0 Å². The Labute approximate surface area is 135 Å². The van der Waals surface area contributed by atoms with E-state index < -0.39 is 0 Å². The van der Waals surface area contributed by atoms with E-state index in [0.29, 0.717) is 18.7 Å². The Kier molecular flexibility index (Phi) is 3.26. The first-order valence-electron chi connectivity index (χ1n) is 8.25. The summed E-state index contributed by atoms with van der Waals surface area (Å²) in [6.07, 6.45) is 4.92. The first-order chi connectivity index (χ1) is 10.5. The van der Waals surface area contributed by atoms with Crippen molar-refractivity contribution in [1.29, 1.82) is 0 Å². The van der Waals surface area contributed by atoms with Crippen LogP contribution >= 0.6 is 11.8 Å². The van der Waals surface area contributed by atoms with Crippen molar-refractivity contribution in [3.63, 3.8) is 0 Å². The number of hydrogen-bond donors (Lipinski definition) is 1. The summed E-state index contributed by atoms with van der Waals surface area (Å²) >= 11 is 2.02. The highest BCUT2D eigenvalue weighted by Gasteiger charge is 2.50. The molecule has 1 unspecified atom stereocenters. The number of nitrogens with one attached hydrogen (secondary N) is 1. The molecule has 0 amide bonds. The second kappa shape index (κ2) is 4.95. The van der Waals surface area contributed by atoms with Gasteiger partial charge in [0.15, 0.2) is 11.6 Å². The normalized spacial score (nSPS) is 33.6. The molecule has 3 heterocycles. The maximum atomic E-state index is 13.0. The summed E-state index contributed by atoms with van der Waals surface area (Å²) in [5.74, 6) is 3.62. The number of hydrogen-bond acceptors (Lipinski definition) is 5. The van der Waals surface area contributed by atoms with Crippen molar-refractivity contribution in [2.75, 3.05) is 18.1 Å². The second-order valence-corrected chi connectivity index (χ2v) is 8.92. The molecule has 0 saturated carbocycles. The predicted molar refractivity (Wildman–Crippen MR) is 88.5 cm³/mol. The molecule has 4 aliphatic rings. The number of fused-ring (bicyclic) bond motifs is 2. The Morgan fingerprint density at radius 1 is 1.18 bits per heavy atom. The second-order valence-electron chi connectivity index (χ2n) is 7.69. The fourth-order valence-electron chi connectivity index (χ4n) is 4.57. The van der Waals surface area contributed by atoms with E-state index in [4.69, 9.17) is 0 Å². The van der Waals surface area contributed by atoms with Gasteiger partial charge in [-0.2, -0.15) is 16.9 Å². The van der Waals surface area contributed by atoms with Gasteiger partial charge >= 0.3 is 0 Å². The third-order valence-electron chi connectivity index (χ3n) is 5.45. The van der Waals surface area contributed by atoms with Gasteiger partial charge in [0.05, 0.1) is 6.54 Å². The summed E-state index contributed by atoms with van der Waals surface area (Å²) in [5.41, 5.74) is 3.45. The predicted octanol–water partition coefficient (Wildman–Crippen LogP) is 3.81. The van der Waals surface area contributed by atoms with E-state index in [1.165, 1.54) is 17.7 Å². The standard InChI is InChI=1S/C17H23N3OS/c1-16(2)8-12-14(13(21)9-16)17(4-3-6-22-7-5-17)11-10-18-20-15(11)19-12/h19H,3-10H2,1-2H3. The molecule has 118 valence electrons. The highest BCUT2D eigenvalue weighted by atomic mass is 32.2. The summed E-state index contributed by atoms with van der Waals surface area (Å²) in [6, 6.07) is 0. The van der Waals surface area contributed by atoms with E-state index in [2.05, 4.69) is 29.4 Å². The molecular weight excluding hydrogens is 294 g/mol. The molecule has 0 bridgehead atoms. The third kappa shape index (κ3) is 2.08. The van der Waals surface area contributed by atoms with Crippen LogP contribution in [-0.4, -0.2) is 23.8 Å². The minimum Gasteiger partial charge on any atom is -0.342 e. The van der Waals surface area contributed by atoms with Gasteiger partial charge in [-0.05, 0) is 42.6 Å². The number of carbonyl (C=O) groups is 1. The number of dihydropyridines is 1. The van der Waals surface area contributed by atoms with Gasteiger partial charge in [-0.1, -0.05) is 13.8 Å². The summed E-state index contributed by atoms with van der Waals surface area (Å²) in [6.45, 7) is 5.04. The molecule has 0 aromatic carbocycles. The van der Waals surface area contributed by atoms with Gasteiger partial charge in [-0.3, -0.25) is 4.79 Å². The molecule has 1 fully saturated rings. The van der Waals surface area contributed by atoms with E-state index in [0.717, 1.165) is 42.1 Å². The van der Waals surface area contributed by atoms with Crippen molar-refractivity contribution >= 4 is 17.5 Å². The van der Waals surface area contributed by atoms with Crippen molar-refractivity contribution in [3.8, 4) is 0 Å². The molecule has 3 aliphatic heterocycles. The molecule has 1 spiro atoms. The smallest absolute Gasteiger partial charge is 0.162 e. The lowest BCUT2D eigenvalue weighted by atomic mass is 9.60. The highest BCUT2D eigenvalue weighted by molar-refractivity contribution is 7.99. The summed E-state index contributed by atoms with van der Waals surface area (Å²) in [4.78, 5) is 13.0. The van der Waals surface area contributed by atoms with Crippen LogP contribution in [0.25, 0.3) is 0 Å². The summed E-state index contributed by atoms with van der Waals surface area (Å²) in [5, 5.41) is 12.1. The van der Waals surface area contributed by atoms with Crippen molar-refractivity contribution in [1.82, 2.24) is 5.32 Å². The van der Waals surface area contributed by atoms with Crippen LogP contribution in [0.4, 0.5) is 0 Å².